The van der Waals surface area contributed by atoms with Crippen LogP contribution in [-0.4, -0.2) is 5.43 Å². The monoisotopic (exact) mass is 432 g/mol. The second-order valence-corrected chi connectivity index (χ2v) is 14.7. The molecule has 2 rings (SSSR count). The van der Waals surface area contributed by atoms with Crippen LogP contribution in [0.3, 0.4) is 0 Å². The van der Waals surface area contributed by atoms with Gasteiger partial charge in [-0.25, -0.2) is 24.3 Å². The topological polar surface area (TPSA) is 0 Å². The van der Waals surface area contributed by atoms with Crippen LogP contribution in [0.2, 0.25) is 13.1 Å². The number of halogens is 2. The summed E-state index contributed by atoms with van der Waals surface area (Å²) < 4.78 is 0. The fourth-order valence-corrected chi connectivity index (χ4v) is 1.69. The molecule has 2 aromatic rings. The Morgan fingerprint density at radius 3 is 1.18 bits per heavy atom. The zero-order chi connectivity index (χ0) is 15.5. The normalized spacial score (nSPS) is 8.36. The quantitative estimate of drug-likeness (QED) is 0.435. The molecule has 0 N–H and O–H groups in total. The van der Waals surface area contributed by atoms with E-state index in [1.54, 1.807) is 23.3 Å². The Morgan fingerprint density at radius 2 is 1.09 bits per heavy atom. The van der Waals surface area contributed by atoms with Crippen LogP contribution in [0.1, 0.15) is 36.1 Å². The van der Waals surface area contributed by atoms with Crippen LogP contribution in [0, 0.1) is 13.8 Å². The molecule has 0 bridgehead atoms. The fraction of sp³-hybridized carbons (Fsp3) is 0.444. The third kappa shape index (κ3) is 15.3. The van der Waals surface area contributed by atoms with Crippen LogP contribution in [0.4, 0.5) is 0 Å². The molecule has 4 heteroatoms. The predicted molar refractivity (Wildman–Crippen MR) is 89.8 cm³/mol. The Morgan fingerprint density at radius 1 is 0.818 bits per heavy atom. The number of hydrogen-bond acceptors (Lipinski definition) is 0. The summed E-state index contributed by atoms with van der Waals surface area (Å²) in [6, 6.07) is 13.1. The maximum atomic E-state index is 2.31. The molecule has 0 unspecified atom stereocenters. The Balaban J connectivity index is -0.000000249. The Hall–Kier alpha value is 0.380. The van der Waals surface area contributed by atoms with E-state index >= 15 is 0 Å². The zero-order valence-corrected chi connectivity index (χ0v) is 19.6. The minimum absolute atomic E-state index is 0. The van der Waals surface area contributed by atoms with Gasteiger partial charge in [0.25, 0.3) is 0 Å². The van der Waals surface area contributed by atoms with Gasteiger partial charge in [-0.1, -0.05) is 40.5 Å². The summed E-state index contributed by atoms with van der Waals surface area (Å²) in [6.07, 6.45) is 2.32. The Kier molecular flexibility index (Phi) is 20.1. The van der Waals surface area contributed by atoms with Crippen molar-refractivity contribution in [3.05, 3.63) is 58.7 Å². The fourth-order valence-electron chi connectivity index (χ4n) is 1.69. The second-order valence-electron chi connectivity index (χ2n) is 5.30. The van der Waals surface area contributed by atoms with E-state index < -0.39 is 0 Å². The van der Waals surface area contributed by atoms with Gasteiger partial charge in [0.05, 0.1) is 0 Å². The van der Waals surface area contributed by atoms with Crippen LogP contribution in [0.25, 0.3) is 0 Å². The van der Waals surface area contributed by atoms with E-state index in [-0.39, 0.29) is 30.2 Å². The van der Waals surface area contributed by atoms with Gasteiger partial charge in [-0.15, -0.1) is 0 Å². The van der Waals surface area contributed by atoms with E-state index in [2.05, 4.69) is 77.2 Å². The smallest absolute Gasteiger partial charge is 1.00 e. The molecule has 0 fully saturated rings. The van der Waals surface area contributed by atoms with Crippen LogP contribution >= 0.6 is 0 Å². The molecule has 0 aliphatic carbocycles. The Bertz CT molecular complexity index is 456. The molecule has 0 nitrogen and oxygen atoms in total. The summed E-state index contributed by atoms with van der Waals surface area (Å²) >= 11 is 1.74. The molecule has 2 aromatic carbocycles. The molecular weight excluding hydrogens is 406 g/mol. The van der Waals surface area contributed by atoms with E-state index in [0.717, 1.165) is 12.8 Å². The summed E-state index contributed by atoms with van der Waals surface area (Å²) in [6.45, 7) is 13.2. The first kappa shape index (κ1) is 27.2. The maximum Gasteiger partial charge on any atom is -1.00 e. The molecule has 0 radical (unpaired) electrons. The van der Waals surface area contributed by atoms with Crippen LogP contribution < -0.4 is 24.8 Å². The van der Waals surface area contributed by atoms with E-state index in [4.69, 9.17) is 0 Å². The first-order valence-electron chi connectivity index (χ1n) is 7.35. The van der Waals surface area contributed by atoms with E-state index in [1.807, 2.05) is 0 Å². The molecule has 22 heavy (non-hydrogen) atoms. The average molecular weight is 435 g/mol. The third-order valence-electron chi connectivity index (χ3n) is 2.76. The van der Waals surface area contributed by atoms with Gasteiger partial charge in [-0.2, -0.15) is 34.4 Å². The zero-order valence-electron chi connectivity index (χ0n) is 14.6. The molecule has 124 valence electrons. The minimum Gasteiger partial charge on any atom is -1.00 e. The summed E-state index contributed by atoms with van der Waals surface area (Å²) in [5, 5.41) is 0. The van der Waals surface area contributed by atoms with Crippen LogP contribution in [0.5, 0.6) is 0 Å². The van der Waals surface area contributed by atoms with Crippen LogP contribution in [0.15, 0.2) is 36.4 Å². The van der Waals surface area contributed by atoms with Gasteiger partial charge in [-0.05, 0) is 0 Å². The summed E-state index contributed by atoms with van der Waals surface area (Å²) in [4.78, 5) is 0. The molecule has 0 aliphatic heterocycles. The summed E-state index contributed by atoms with van der Waals surface area (Å²) in [5.74, 6) is 0. The molecule has 0 amide bonds. The predicted octanol–water partition coefficient (Wildman–Crippen LogP) is -0.655. The maximum absolute atomic E-state index is 2.31. The molecule has 0 saturated heterocycles. The number of hydrogen-bond donors (Lipinski definition) is 0. The van der Waals surface area contributed by atoms with Gasteiger partial charge in [0, 0.05) is 0 Å². The largest absolute Gasteiger partial charge is 1.00 e. The first-order valence-corrected chi connectivity index (χ1v) is 13.5. The summed E-state index contributed by atoms with van der Waals surface area (Å²) in [5.41, 5.74) is 5.86. The standard InChI is InChI=1S/2C8H11.C2H6Si.2ClH.Zr/c2*1-3-8-5-4-7(2)6-8;1-3-2;;;/h2*4-6H,3H2,1-2H3;1-2H3;2*1H;/q2*-1;;;;+2/p-2. The third-order valence-corrected chi connectivity index (χ3v) is 2.76. The van der Waals surface area contributed by atoms with E-state index in [9.17, 15) is 0 Å². The van der Waals surface area contributed by atoms with Crippen molar-refractivity contribution < 1.29 is 48.1 Å². The first-order chi connectivity index (χ1) is 9.38. The van der Waals surface area contributed by atoms with Crippen molar-refractivity contribution in [2.45, 2.75) is 53.6 Å². The minimum atomic E-state index is 0. The van der Waals surface area contributed by atoms with Gasteiger partial charge in [0.15, 0.2) is 0 Å². The van der Waals surface area contributed by atoms with Crippen molar-refractivity contribution in [3.8, 4) is 0 Å². The van der Waals surface area contributed by atoms with Gasteiger partial charge in [0.1, 0.15) is 0 Å². The molecule has 0 aliphatic rings. The van der Waals surface area contributed by atoms with E-state index in [1.165, 1.54) is 22.3 Å². The molecule has 0 atom stereocenters. The molecule has 0 aromatic heterocycles. The number of rotatable bonds is 2. The van der Waals surface area contributed by atoms with Crippen molar-refractivity contribution in [2.24, 2.45) is 0 Å². The van der Waals surface area contributed by atoms with Gasteiger partial charge in [0.2, 0.25) is 0 Å². The van der Waals surface area contributed by atoms with Crippen molar-refractivity contribution in [2.75, 3.05) is 0 Å². The van der Waals surface area contributed by atoms with Crippen molar-refractivity contribution in [1.29, 1.82) is 0 Å². The average Bonchev–Trinajstić information content (AvgIpc) is 2.97. The second kappa shape index (κ2) is 16.2. The summed E-state index contributed by atoms with van der Waals surface area (Å²) in [7, 11) is 0. The van der Waals surface area contributed by atoms with Crippen LogP contribution in [-0.2, 0) is 36.2 Å². The van der Waals surface area contributed by atoms with Gasteiger partial charge < -0.3 is 24.8 Å². The number of aryl methyl sites for hydroxylation is 4. The SMILES string of the molecule is CCc1ccc(C)[cH-]1.CCc1ccc(C)[cH-]1.C[Si](C)=[Zr+2].[Cl-].[Cl-]. The van der Waals surface area contributed by atoms with Crippen molar-refractivity contribution in [3.63, 3.8) is 0 Å². The van der Waals surface area contributed by atoms with Crippen molar-refractivity contribution >= 4 is 5.43 Å². The van der Waals surface area contributed by atoms with Gasteiger partial charge in [-0.3, -0.25) is 0 Å². The molecule has 0 heterocycles. The van der Waals surface area contributed by atoms with Gasteiger partial charge >= 0.3 is 41.9 Å². The molecular formula is C18H28Cl2SiZr-2. The van der Waals surface area contributed by atoms with Crippen molar-refractivity contribution in [1.82, 2.24) is 0 Å². The van der Waals surface area contributed by atoms with E-state index in [0.29, 0.717) is 0 Å². The Labute approximate surface area is 165 Å². The molecule has 0 saturated carbocycles. The molecule has 0 spiro atoms.